The number of amidine groups is 1. The van der Waals surface area contributed by atoms with Crippen LogP contribution in [0.3, 0.4) is 0 Å². The molecule has 0 unspecified atom stereocenters. The summed E-state index contributed by atoms with van der Waals surface area (Å²) in [6.45, 7) is 3.84. The molecule has 2 aromatic rings. The van der Waals surface area contributed by atoms with Crippen LogP contribution in [0.25, 0.3) is 11.4 Å². The molecule has 3 rings (SSSR count). The Kier molecular flexibility index (Phi) is 6.99. The van der Waals surface area contributed by atoms with Crippen molar-refractivity contribution in [2.45, 2.75) is 26.2 Å². The van der Waals surface area contributed by atoms with Crippen LogP contribution in [0.2, 0.25) is 0 Å². The molecular formula is C22H25N2O2. The number of aliphatic imine (C=N–C) groups is 1. The van der Waals surface area contributed by atoms with Crippen LogP contribution in [0.5, 0.6) is 0 Å². The third-order valence-corrected chi connectivity index (χ3v) is 4.00. The van der Waals surface area contributed by atoms with E-state index in [9.17, 15) is 0 Å². The Morgan fingerprint density at radius 1 is 0.769 bits per heavy atom. The predicted octanol–water partition coefficient (Wildman–Crippen LogP) is 4.71. The van der Waals surface area contributed by atoms with Gasteiger partial charge in [0, 0.05) is 30.8 Å². The summed E-state index contributed by atoms with van der Waals surface area (Å²) in [5, 5.41) is 4.81. The molecule has 1 aliphatic rings. The van der Waals surface area contributed by atoms with Crippen LogP contribution < -0.4 is 5.32 Å². The lowest BCUT2D eigenvalue weighted by atomic mass is 10.1. The molecule has 0 aromatic heterocycles. The second-order valence-electron chi connectivity index (χ2n) is 6.11. The van der Waals surface area contributed by atoms with Crippen molar-refractivity contribution in [3.8, 4) is 0 Å². The van der Waals surface area contributed by atoms with Gasteiger partial charge in [0.05, 0.1) is 11.4 Å². The lowest BCUT2D eigenvalue weighted by molar-refractivity contribution is -0.0536. The van der Waals surface area contributed by atoms with Crippen molar-refractivity contribution in [3.63, 3.8) is 0 Å². The average molecular weight is 349 g/mol. The van der Waals surface area contributed by atoms with E-state index in [4.69, 9.17) is 19.8 Å². The molecule has 1 aliphatic heterocycles. The van der Waals surface area contributed by atoms with Crippen LogP contribution in [-0.2, 0) is 9.47 Å². The zero-order valence-electron chi connectivity index (χ0n) is 15.2. The Bertz CT molecular complexity index is 739. The monoisotopic (exact) mass is 349 g/mol. The molecule has 0 amide bonds. The van der Waals surface area contributed by atoms with Crippen molar-refractivity contribution in [2.75, 3.05) is 20.0 Å². The maximum atomic E-state index is 5.49. The average Bonchev–Trinajstić information content (AvgIpc) is 3.13. The van der Waals surface area contributed by atoms with Crippen molar-refractivity contribution in [1.82, 2.24) is 5.32 Å². The zero-order chi connectivity index (χ0) is 18.0. The summed E-state index contributed by atoms with van der Waals surface area (Å²) in [7, 11) is 0. The van der Waals surface area contributed by atoms with Gasteiger partial charge in [-0.3, -0.25) is 0 Å². The van der Waals surface area contributed by atoms with Gasteiger partial charge < -0.3 is 9.47 Å². The molecule has 1 radical (unpaired) electrons. The van der Waals surface area contributed by atoms with Gasteiger partial charge in [-0.25, -0.2) is 10.3 Å². The summed E-state index contributed by atoms with van der Waals surface area (Å²) in [5.74, 6) is 0.862. The molecule has 2 aromatic carbocycles. The molecule has 0 bridgehead atoms. The van der Waals surface area contributed by atoms with Crippen LogP contribution in [-0.4, -0.2) is 25.8 Å². The molecular weight excluding hydrogens is 324 g/mol. The maximum absolute atomic E-state index is 5.49. The Morgan fingerprint density at radius 2 is 1.38 bits per heavy atom. The molecule has 135 valence electrons. The van der Waals surface area contributed by atoms with Crippen LogP contribution in [0.4, 0.5) is 0 Å². The molecule has 0 saturated carbocycles. The normalized spacial score (nSPS) is 13.7. The summed E-state index contributed by atoms with van der Waals surface area (Å²) in [5.41, 5.74) is 4.07. The van der Waals surface area contributed by atoms with Gasteiger partial charge in [-0.2, -0.15) is 0 Å². The molecule has 0 fully saturated rings. The quantitative estimate of drug-likeness (QED) is 0.460. The molecule has 0 saturated heterocycles. The Labute approximate surface area is 155 Å². The molecule has 1 heterocycles. The summed E-state index contributed by atoms with van der Waals surface area (Å²) in [6.07, 6.45) is 2.68. The first-order valence-corrected chi connectivity index (χ1v) is 9.18. The molecule has 4 heteroatoms. The van der Waals surface area contributed by atoms with Crippen molar-refractivity contribution >= 4 is 17.2 Å². The third-order valence-electron chi connectivity index (χ3n) is 4.00. The van der Waals surface area contributed by atoms with E-state index in [1.807, 2.05) is 36.4 Å². The van der Waals surface area contributed by atoms with E-state index in [-0.39, 0.29) is 0 Å². The number of rotatable bonds is 10. The number of hydrogen-bond acceptors (Lipinski definition) is 3. The lowest BCUT2D eigenvalue weighted by Gasteiger charge is -2.06. The smallest absolute Gasteiger partial charge is 0.146 e. The number of benzene rings is 2. The van der Waals surface area contributed by atoms with Gasteiger partial charge >= 0.3 is 0 Å². The Hall–Kier alpha value is -2.43. The second-order valence-corrected chi connectivity index (χ2v) is 6.11. The minimum absolute atomic E-state index is 0.361. The fourth-order valence-electron chi connectivity index (χ4n) is 2.75. The van der Waals surface area contributed by atoms with Crippen LogP contribution in [0.15, 0.2) is 65.7 Å². The first-order chi connectivity index (χ1) is 12.9. The minimum atomic E-state index is 0.361. The number of hydrogen-bond donors (Lipinski definition) is 0. The van der Waals surface area contributed by atoms with Gasteiger partial charge in [-0.1, -0.05) is 67.6 Å². The van der Waals surface area contributed by atoms with E-state index in [2.05, 4.69) is 31.2 Å². The van der Waals surface area contributed by atoms with Gasteiger partial charge in [-0.15, -0.1) is 0 Å². The summed E-state index contributed by atoms with van der Waals surface area (Å²) >= 11 is 0. The van der Waals surface area contributed by atoms with E-state index in [0.29, 0.717) is 13.4 Å². The predicted molar refractivity (Wildman–Crippen MR) is 106 cm³/mol. The second kappa shape index (κ2) is 9.90. The zero-order valence-corrected chi connectivity index (χ0v) is 15.2. The van der Waals surface area contributed by atoms with Crippen LogP contribution in [0, 0.1) is 0 Å². The van der Waals surface area contributed by atoms with E-state index in [1.54, 1.807) is 0 Å². The van der Waals surface area contributed by atoms with E-state index in [0.717, 1.165) is 54.2 Å². The molecule has 26 heavy (non-hydrogen) atoms. The van der Waals surface area contributed by atoms with Crippen LogP contribution >= 0.6 is 0 Å². The first-order valence-electron chi connectivity index (χ1n) is 9.18. The largest absolute Gasteiger partial charge is 0.355 e. The fourth-order valence-corrected chi connectivity index (χ4v) is 2.75. The molecule has 0 spiro atoms. The van der Waals surface area contributed by atoms with Crippen LogP contribution in [0.1, 0.15) is 37.3 Å². The maximum Gasteiger partial charge on any atom is 0.146 e. The van der Waals surface area contributed by atoms with Crippen molar-refractivity contribution in [1.29, 1.82) is 0 Å². The molecule has 0 atom stereocenters. The Morgan fingerprint density at radius 3 is 2.04 bits per heavy atom. The van der Waals surface area contributed by atoms with Crippen molar-refractivity contribution in [2.24, 2.45) is 4.99 Å². The van der Waals surface area contributed by atoms with E-state index in [1.165, 1.54) is 0 Å². The highest BCUT2D eigenvalue weighted by Crippen LogP contribution is 2.31. The molecule has 0 aliphatic carbocycles. The highest BCUT2D eigenvalue weighted by atomic mass is 16.7. The van der Waals surface area contributed by atoms with Gasteiger partial charge in [0.25, 0.3) is 0 Å². The summed E-state index contributed by atoms with van der Waals surface area (Å²) < 4.78 is 10.8. The van der Waals surface area contributed by atoms with Crippen molar-refractivity contribution < 1.29 is 9.47 Å². The Balaban J connectivity index is 1.62. The van der Waals surface area contributed by atoms with E-state index >= 15 is 0 Å². The highest BCUT2D eigenvalue weighted by molar-refractivity contribution is 6.07. The minimum Gasteiger partial charge on any atom is -0.355 e. The fraction of sp³-hybridized carbons (Fsp3) is 0.318. The molecule has 0 N–H and O–H groups in total. The lowest BCUT2D eigenvalue weighted by Crippen LogP contribution is -2.11. The molecule has 4 nitrogen and oxygen atoms in total. The van der Waals surface area contributed by atoms with E-state index < -0.39 is 0 Å². The van der Waals surface area contributed by atoms with Gasteiger partial charge in [0.15, 0.2) is 0 Å². The first kappa shape index (κ1) is 18.4. The topological polar surface area (TPSA) is 44.9 Å². The number of nitrogens with zero attached hydrogens (tertiary/aromatic N) is 2. The standard InChI is InChI=1S/C22H25N2O2/c1-2-15-25-17-26-16-9-14-20-23-21(18-10-5-3-6-11-18)22(24-20)19-12-7-4-8-13-19/h3-8,10-13H,2,9,14-17H2,1H3. The summed E-state index contributed by atoms with van der Waals surface area (Å²) in [4.78, 5) is 4.81. The van der Waals surface area contributed by atoms with Gasteiger partial charge in [-0.05, 0) is 12.8 Å². The van der Waals surface area contributed by atoms with Crippen molar-refractivity contribution in [3.05, 3.63) is 71.8 Å². The summed E-state index contributed by atoms with van der Waals surface area (Å²) in [6, 6.07) is 20.5. The SMILES string of the molecule is CCCOCOCCCC1=NC(c2ccccc2)=C(c2ccccc2)[N]1. The third kappa shape index (κ3) is 5.04. The highest BCUT2D eigenvalue weighted by Gasteiger charge is 2.21. The number of ether oxygens (including phenoxy) is 2. The van der Waals surface area contributed by atoms with Gasteiger partial charge in [0.2, 0.25) is 0 Å². The van der Waals surface area contributed by atoms with Gasteiger partial charge in [0.1, 0.15) is 12.6 Å².